The van der Waals surface area contributed by atoms with Gasteiger partial charge in [0.25, 0.3) is 0 Å². The molecule has 4 rings (SSSR count). The van der Waals surface area contributed by atoms with Crippen LogP contribution in [0.2, 0.25) is 25.7 Å². The Morgan fingerprint density at radius 1 is 0.935 bits per heavy atom. The zero-order valence-corrected chi connectivity index (χ0v) is 19.5. The standard InChI is InChI=1S/C24H28N4O2Si/c1-18-16-25-23-15-21(9-10-22(23)27-18)30-20-7-5-19(6-8-20)24-11-12-26-28(24)17-29-13-14-31(2,3)4/h5-12,15-16H,13-14,17H2,1-4H3. The second-order valence-electron chi connectivity index (χ2n) is 8.85. The molecule has 0 fully saturated rings. The molecule has 2 heterocycles. The largest absolute Gasteiger partial charge is 0.457 e. The zero-order valence-electron chi connectivity index (χ0n) is 18.5. The summed E-state index contributed by atoms with van der Waals surface area (Å²) in [5, 5.41) is 4.41. The number of benzene rings is 2. The normalized spacial score (nSPS) is 11.7. The number of aryl methyl sites for hydroxylation is 1. The lowest BCUT2D eigenvalue weighted by Crippen LogP contribution is -2.22. The molecular weight excluding hydrogens is 404 g/mol. The summed E-state index contributed by atoms with van der Waals surface area (Å²) in [6.45, 7) is 10.2. The SMILES string of the molecule is Cc1cnc2cc(Oc3ccc(-c4ccnn4COCC[Si](C)(C)C)cc3)ccc2n1. The molecule has 2 aromatic heterocycles. The third-order valence-electron chi connectivity index (χ3n) is 4.95. The highest BCUT2D eigenvalue weighted by Gasteiger charge is 2.13. The van der Waals surface area contributed by atoms with Crippen LogP contribution in [-0.2, 0) is 11.5 Å². The van der Waals surface area contributed by atoms with Crippen molar-refractivity contribution in [3.63, 3.8) is 0 Å². The molecule has 7 heteroatoms. The van der Waals surface area contributed by atoms with Crippen LogP contribution >= 0.6 is 0 Å². The molecule has 0 N–H and O–H groups in total. The Labute approximate surface area is 183 Å². The highest BCUT2D eigenvalue weighted by molar-refractivity contribution is 6.76. The van der Waals surface area contributed by atoms with Crippen molar-refractivity contribution >= 4 is 19.1 Å². The molecule has 31 heavy (non-hydrogen) atoms. The number of rotatable bonds is 8. The molecule has 0 bridgehead atoms. The van der Waals surface area contributed by atoms with Gasteiger partial charge >= 0.3 is 0 Å². The predicted octanol–water partition coefficient (Wildman–Crippen LogP) is 5.91. The zero-order chi connectivity index (χ0) is 21.8. The quantitative estimate of drug-likeness (QED) is 0.256. The number of ether oxygens (including phenoxy) is 2. The fraction of sp³-hybridized carbons (Fsp3) is 0.292. The van der Waals surface area contributed by atoms with Gasteiger partial charge in [0, 0.05) is 38.7 Å². The Bertz CT molecular complexity index is 1170. The average molecular weight is 433 g/mol. The molecule has 0 atom stereocenters. The third kappa shape index (κ3) is 5.56. The lowest BCUT2D eigenvalue weighted by atomic mass is 10.1. The summed E-state index contributed by atoms with van der Waals surface area (Å²) in [5.41, 5.74) is 4.67. The van der Waals surface area contributed by atoms with Gasteiger partial charge in [-0.05, 0) is 55.4 Å². The van der Waals surface area contributed by atoms with Gasteiger partial charge < -0.3 is 9.47 Å². The molecule has 6 nitrogen and oxygen atoms in total. The van der Waals surface area contributed by atoms with Crippen LogP contribution in [0.25, 0.3) is 22.3 Å². The molecule has 4 aromatic rings. The van der Waals surface area contributed by atoms with Gasteiger partial charge in [0.15, 0.2) is 0 Å². The first-order valence-electron chi connectivity index (χ1n) is 10.5. The molecule has 0 aliphatic rings. The van der Waals surface area contributed by atoms with Gasteiger partial charge in [-0.15, -0.1) is 0 Å². The van der Waals surface area contributed by atoms with Gasteiger partial charge in [-0.1, -0.05) is 19.6 Å². The summed E-state index contributed by atoms with van der Waals surface area (Å²) in [6.07, 6.45) is 3.57. The van der Waals surface area contributed by atoms with Crippen LogP contribution in [0.15, 0.2) is 60.9 Å². The van der Waals surface area contributed by atoms with Crippen molar-refractivity contribution in [3.8, 4) is 22.8 Å². The molecule has 160 valence electrons. The van der Waals surface area contributed by atoms with Crippen molar-refractivity contribution in [1.29, 1.82) is 0 Å². The molecule has 0 unspecified atom stereocenters. The topological polar surface area (TPSA) is 62.1 Å². The number of nitrogens with zero attached hydrogens (tertiary/aromatic N) is 4. The summed E-state index contributed by atoms with van der Waals surface area (Å²) in [4.78, 5) is 8.90. The van der Waals surface area contributed by atoms with E-state index in [9.17, 15) is 0 Å². The van der Waals surface area contributed by atoms with E-state index in [-0.39, 0.29) is 0 Å². The van der Waals surface area contributed by atoms with Crippen LogP contribution in [0.4, 0.5) is 0 Å². The van der Waals surface area contributed by atoms with E-state index in [1.165, 1.54) is 0 Å². The molecule has 0 saturated heterocycles. The van der Waals surface area contributed by atoms with Crippen molar-refractivity contribution in [2.45, 2.75) is 39.3 Å². The molecule has 0 aliphatic heterocycles. The molecule has 0 saturated carbocycles. The van der Waals surface area contributed by atoms with E-state index >= 15 is 0 Å². The summed E-state index contributed by atoms with van der Waals surface area (Å²) in [6, 6.07) is 16.9. The Morgan fingerprint density at radius 2 is 1.71 bits per heavy atom. The van der Waals surface area contributed by atoms with E-state index in [1.807, 2.05) is 60.1 Å². The highest BCUT2D eigenvalue weighted by Crippen LogP contribution is 2.27. The molecule has 0 aliphatic carbocycles. The van der Waals surface area contributed by atoms with Crippen LogP contribution in [0.5, 0.6) is 11.5 Å². The number of hydrogen-bond acceptors (Lipinski definition) is 5. The van der Waals surface area contributed by atoms with Crippen molar-refractivity contribution in [1.82, 2.24) is 19.7 Å². The van der Waals surface area contributed by atoms with E-state index in [4.69, 9.17) is 9.47 Å². The van der Waals surface area contributed by atoms with Crippen LogP contribution in [0, 0.1) is 6.92 Å². The Hall–Kier alpha value is -3.03. The van der Waals surface area contributed by atoms with Crippen LogP contribution in [0.3, 0.4) is 0 Å². The van der Waals surface area contributed by atoms with Gasteiger partial charge in [-0.2, -0.15) is 5.10 Å². The second kappa shape index (κ2) is 8.99. The van der Waals surface area contributed by atoms with Crippen LogP contribution in [0.1, 0.15) is 5.69 Å². The second-order valence-corrected chi connectivity index (χ2v) is 14.5. The van der Waals surface area contributed by atoms with Crippen molar-refractivity contribution in [2.75, 3.05) is 6.61 Å². The monoisotopic (exact) mass is 432 g/mol. The van der Waals surface area contributed by atoms with Crippen molar-refractivity contribution < 1.29 is 9.47 Å². The van der Waals surface area contributed by atoms with E-state index in [1.54, 1.807) is 12.4 Å². The summed E-state index contributed by atoms with van der Waals surface area (Å²) in [5.74, 6) is 1.50. The first-order valence-corrected chi connectivity index (χ1v) is 14.2. The third-order valence-corrected chi connectivity index (χ3v) is 6.65. The maximum atomic E-state index is 6.02. The van der Waals surface area contributed by atoms with Crippen LogP contribution in [-0.4, -0.2) is 34.4 Å². The minimum Gasteiger partial charge on any atom is -0.457 e. The van der Waals surface area contributed by atoms with Gasteiger partial charge in [0.05, 0.1) is 22.4 Å². The Balaban J connectivity index is 1.42. The number of aromatic nitrogens is 4. The predicted molar refractivity (Wildman–Crippen MR) is 126 cm³/mol. The van der Waals surface area contributed by atoms with Crippen molar-refractivity contribution in [3.05, 3.63) is 66.6 Å². The lowest BCUT2D eigenvalue weighted by Gasteiger charge is -2.16. The summed E-state index contributed by atoms with van der Waals surface area (Å²) >= 11 is 0. The molecular formula is C24H28N4O2Si. The van der Waals surface area contributed by atoms with Gasteiger partial charge in [0.2, 0.25) is 0 Å². The molecule has 2 aromatic carbocycles. The Morgan fingerprint density at radius 3 is 2.48 bits per heavy atom. The van der Waals surface area contributed by atoms with E-state index in [0.29, 0.717) is 6.73 Å². The molecule has 0 amide bonds. The molecule has 0 spiro atoms. The maximum Gasteiger partial charge on any atom is 0.139 e. The van der Waals surface area contributed by atoms with Crippen LogP contribution < -0.4 is 4.74 Å². The number of fused-ring (bicyclic) bond motifs is 1. The summed E-state index contributed by atoms with van der Waals surface area (Å²) in [7, 11) is -1.09. The van der Waals surface area contributed by atoms with Gasteiger partial charge in [0.1, 0.15) is 18.2 Å². The fourth-order valence-corrected chi connectivity index (χ4v) is 3.94. The minimum atomic E-state index is -1.09. The van der Waals surface area contributed by atoms with Gasteiger partial charge in [-0.3, -0.25) is 4.98 Å². The Kier molecular flexibility index (Phi) is 6.15. The van der Waals surface area contributed by atoms with E-state index < -0.39 is 8.07 Å². The first-order chi connectivity index (χ1) is 14.9. The maximum absolute atomic E-state index is 6.02. The molecule has 0 radical (unpaired) electrons. The van der Waals surface area contributed by atoms with Crippen molar-refractivity contribution in [2.24, 2.45) is 0 Å². The minimum absolute atomic E-state index is 0.461. The average Bonchev–Trinajstić information content (AvgIpc) is 3.20. The summed E-state index contributed by atoms with van der Waals surface area (Å²) < 4.78 is 13.8. The highest BCUT2D eigenvalue weighted by atomic mass is 28.3. The lowest BCUT2D eigenvalue weighted by molar-refractivity contribution is 0.0798. The van der Waals surface area contributed by atoms with E-state index in [2.05, 4.69) is 34.7 Å². The van der Waals surface area contributed by atoms with E-state index in [0.717, 1.165) is 52.1 Å². The number of hydrogen-bond donors (Lipinski definition) is 0. The smallest absolute Gasteiger partial charge is 0.139 e. The first kappa shape index (κ1) is 21.2. The fourth-order valence-electron chi connectivity index (χ4n) is 3.19. The van der Waals surface area contributed by atoms with Gasteiger partial charge in [-0.25, -0.2) is 9.67 Å².